The first-order valence-electron chi connectivity index (χ1n) is 3.86. The molecule has 0 fully saturated rings. The lowest BCUT2D eigenvalue weighted by Crippen LogP contribution is -2.29. The maximum atomic E-state index is 11.2. The molecule has 1 aromatic carbocycles. The van der Waals surface area contributed by atoms with E-state index in [-0.39, 0.29) is 5.56 Å². The van der Waals surface area contributed by atoms with E-state index >= 15 is 0 Å². The Bertz CT molecular complexity index is 450. The molecule has 0 atom stereocenters. The van der Waals surface area contributed by atoms with Gasteiger partial charge < -0.3 is 4.74 Å². The van der Waals surface area contributed by atoms with E-state index in [9.17, 15) is 13.2 Å². The number of carbonyl (C=O) groups is 1. The summed E-state index contributed by atoms with van der Waals surface area (Å²) < 4.78 is 35.3. The molecule has 0 bridgehead atoms. The third-order valence-electron chi connectivity index (χ3n) is 1.57. The highest BCUT2D eigenvalue weighted by molar-refractivity contribution is 7.84. The number of rotatable bonds is 3. The fourth-order valence-electron chi connectivity index (χ4n) is 0.918. The second kappa shape index (κ2) is 4.28. The van der Waals surface area contributed by atoms with Gasteiger partial charge in [-0.3, -0.25) is 9.35 Å². The maximum absolute atomic E-state index is 11.2. The van der Waals surface area contributed by atoms with Crippen molar-refractivity contribution < 1.29 is 22.5 Å². The molecule has 15 heavy (non-hydrogen) atoms. The third kappa shape index (κ3) is 3.56. The normalized spacial score (nSPS) is 10.8. The molecule has 1 aromatic rings. The first-order valence-corrected chi connectivity index (χ1v) is 5.30. The molecule has 0 heterocycles. The van der Waals surface area contributed by atoms with Crippen LogP contribution >= 0.6 is 0 Å². The summed E-state index contributed by atoms with van der Waals surface area (Å²) in [6.07, 6.45) is 0. The van der Waals surface area contributed by atoms with Crippen molar-refractivity contribution in [3.05, 3.63) is 29.8 Å². The van der Waals surface area contributed by atoms with Crippen LogP contribution in [0.25, 0.3) is 0 Å². The number of methoxy groups -OCH3 is 1. The molecule has 0 spiro atoms. The van der Waals surface area contributed by atoms with Crippen LogP contribution in [-0.2, 0) is 10.3 Å². The van der Waals surface area contributed by atoms with Crippen molar-refractivity contribution in [3.8, 4) is 5.75 Å². The van der Waals surface area contributed by atoms with Gasteiger partial charge in [0.2, 0.25) is 0 Å². The van der Waals surface area contributed by atoms with Gasteiger partial charge in [0.25, 0.3) is 5.91 Å². The molecule has 7 heteroatoms. The van der Waals surface area contributed by atoms with Crippen LogP contribution < -0.4 is 9.46 Å². The lowest BCUT2D eigenvalue weighted by atomic mass is 10.2. The molecule has 0 unspecified atom stereocenters. The molecule has 0 radical (unpaired) electrons. The summed E-state index contributed by atoms with van der Waals surface area (Å²) in [6, 6.07) is 5.75. The van der Waals surface area contributed by atoms with Gasteiger partial charge in [-0.15, -0.1) is 0 Å². The van der Waals surface area contributed by atoms with Crippen molar-refractivity contribution >= 4 is 16.2 Å². The molecule has 1 rings (SSSR count). The summed E-state index contributed by atoms with van der Waals surface area (Å²) in [7, 11) is -3.05. The molecule has 82 valence electrons. The van der Waals surface area contributed by atoms with Gasteiger partial charge in [0, 0.05) is 5.56 Å². The number of hydrogen-bond donors (Lipinski definition) is 2. The topological polar surface area (TPSA) is 92.7 Å². The molecule has 0 aliphatic rings. The zero-order valence-electron chi connectivity index (χ0n) is 7.80. The Labute approximate surface area is 86.8 Å². The lowest BCUT2D eigenvalue weighted by molar-refractivity contribution is 0.0978. The highest BCUT2D eigenvalue weighted by Crippen LogP contribution is 2.11. The van der Waals surface area contributed by atoms with Crippen LogP contribution in [0, 0.1) is 0 Å². The minimum absolute atomic E-state index is 0.105. The molecule has 0 aliphatic carbocycles. The number of benzene rings is 1. The Morgan fingerprint density at radius 3 is 2.27 bits per heavy atom. The Balaban J connectivity index is 2.84. The van der Waals surface area contributed by atoms with Crippen LogP contribution in [0.3, 0.4) is 0 Å². The highest BCUT2D eigenvalue weighted by atomic mass is 32.2. The fourth-order valence-corrected chi connectivity index (χ4v) is 1.27. The van der Waals surface area contributed by atoms with Gasteiger partial charge >= 0.3 is 10.3 Å². The zero-order valence-corrected chi connectivity index (χ0v) is 8.61. The minimum atomic E-state index is -4.52. The third-order valence-corrected chi connectivity index (χ3v) is 2.02. The van der Waals surface area contributed by atoms with Crippen molar-refractivity contribution in [2.75, 3.05) is 7.11 Å². The van der Waals surface area contributed by atoms with E-state index in [1.54, 1.807) is 0 Å². The lowest BCUT2D eigenvalue weighted by Gasteiger charge is -2.02. The van der Waals surface area contributed by atoms with Gasteiger partial charge in [-0.05, 0) is 24.3 Å². The minimum Gasteiger partial charge on any atom is -0.497 e. The summed E-state index contributed by atoms with van der Waals surface area (Å²) in [6.45, 7) is 0. The predicted octanol–water partition coefficient (Wildman–Crippen LogP) is 0.228. The number of nitrogens with one attached hydrogen (secondary N) is 1. The van der Waals surface area contributed by atoms with E-state index in [2.05, 4.69) is 0 Å². The average molecular weight is 231 g/mol. The molecule has 1 amide bonds. The van der Waals surface area contributed by atoms with Crippen LogP contribution in [0.2, 0.25) is 0 Å². The van der Waals surface area contributed by atoms with Crippen LogP contribution in [0.5, 0.6) is 5.75 Å². The van der Waals surface area contributed by atoms with E-state index in [0.29, 0.717) is 5.75 Å². The van der Waals surface area contributed by atoms with Crippen LogP contribution in [0.4, 0.5) is 0 Å². The van der Waals surface area contributed by atoms with Gasteiger partial charge in [-0.25, -0.2) is 4.72 Å². The van der Waals surface area contributed by atoms with Crippen molar-refractivity contribution in [1.29, 1.82) is 0 Å². The molecule has 0 saturated heterocycles. The SMILES string of the molecule is COc1ccc(C(=O)NS(=O)(=O)O)cc1. The number of carbonyl (C=O) groups excluding carboxylic acids is 1. The van der Waals surface area contributed by atoms with Crippen LogP contribution in [0.1, 0.15) is 10.4 Å². The standard InChI is InChI=1S/C8H9NO5S/c1-14-7-4-2-6(3-5-7)8(10)9-15(11,12)13/h2-5H,1H3,(H,9,10)(H,11,12,13). The quantitative estimate of drug-likeness (QED) is 0.726. The summed E-state index contributed by atoms with van der Waals surface area (Å²) in [5.41, 5.74) is 0.105. The van der Waals surface area contributed by atoms with Crippen LogP contribution in [-0.4, -0.2) is 26.0 Å². The molecule has 0 aliphatic heterocycles. The van der Waals surface area contributed by atoms with Gasteiger partial charge in [-0.2, -0.15) is 8.42 Å². The maximum Gasteiger partial charge on any atom is 0.359 e. The Hall–Kier alpha value is -1.60. The van der Waals surface area contributed by atoms with Crippen molar-refractivity contribution in [2.45, 2.75) is 0 Å². The second-order valence-corrected chi connectivity index (χ2v) is 3.79. The van der Waals surface area contributed by atoms with E-state index in [4.69, 9.17) is 9.29 Å². The van der Waals surface area contributed by atoms with E-state index in [1.807, 2.05) is 0 Å². The Morgan fingerprint density at radius 2 is 1.87 bits per heavy atom. The molecular weight excluding hydrogens is 222 g/mol. The van der Waals surface area contributed by atoms with Gasteiger partial charge in [-0.1, -0.05) is 0 Å². The molecule has 0 saturated carbocycles. The molecular formula is C8H9NO5S. The van der Waals surface area contributed by atoms with Gasteiger partial charge in [0.05, 0.1) is 7.11 Å². The average Bonchev–Trinajstić information content (AvgIpc) is 2.15. The fraction of sp³-hybridized carbons (Fsp3) is 0.125. The summed E-state index contributed by atoms with van der Waals surface area (Å²) in [5, 5.41) is 0. The van der Waals surface area contributed by atoms with E-state index < -0.39 is 16.2 Å². The summed E-state index contributed by atoms with van der Waals surface area (Å²) in [4.78, 5) is 11.2. The van der Waals surface area contributed by atoms with E-state index in [1.165, 1.54) is 36.1 Å². The van der Waals surface area contributed by atoms with Crippen molar-refractivity contribution in [3.63, 3.8) is 0 Å². The summed E-state index contributed by atoms with van der Waals surface area (Å²) in [5.74, 6) is -0.362. The molecule has 2 N–H and O–H groups in total. The van der Waals surface area contributed by atoms with Gasteiger partial charge in [0.15, 0.2) is 0 Å². The van der Waals surface area contributed by atoms with Gasteiger partial charge in [0.1, 0.15) is 5.75 Å². The second-order valence-electron chi connectivity index (χ2n) is 2.63. The largest absolute Gasteiger partial charge is 0.497 e. The summed E-state index contributed by atoms with van der Waals surface area (Å²) >= 11 is 0. The first kappa shape index (κ1) is 11.5. The molecule has 0 aromatic heterocycles. The monoisotopic (exact) mass is 231 g/mol. The highest BCUT2D eigenvalue weighted by Gasteiger charge is 2.12. The molecule has 6 nitrogen and oxygen atoms in total. The predicted molar refractivity (Wildman–Crippen MR) is 52.0 cm³/mol. The Morgan fingerprint density at radius 1 is 1.33 bits per heavy atom. The van der Waals surface area contributed by atoms with Crippen LogP contribution in [0.15, 0.2) is 24.3 Å². The van der Waals surface area contributed by atoms with Crippen molar-refractivity contribution in [2.24, 2.45) is 0 Å². The number of amides is 1. The first-order chi connectivity index (χ1) is 6.92. The smallest absolute Gasteiger partial charge is 0.359 e. The Kier molecular flexibility index (Phi) is 3.28. The van der Waals surface area contributed by atoms with E-state index in [0.717, 1.165) is 0 Å². The van der Waals surface area contributed by atoms with Crippen molar-refractivity contribution in [1.82, 2.24) is 4.72 Å². The zero-order chi connectivity index (χ0) is 11.5. The number of hydrogen-bond acceptors (Lipinski definition) is 4. The number of ether oxygens (including phenoxy) is 1.